The summed E-state index contributed by atoms with van der Waals surface area (Å²) in [6, 6.07) is 11.5. The molecule has 1 N–H and O–H groups in total. The van der Waals surface area contributed by atoms with Gasteiger partial charge in [0.25, 0.3) is 0 Å². The molecule has 4 rings (SSSR count). The lowest BCUT2D eigenvalue weighted by Gasteiger charge is -2.26. The summed E-state index contributed by atoms with van der Waals surface area (Å²) in [6.07, 6.45) is 2.25. The summed E-state index contributed by atoms with van der Waals surface area (Å²) in [7, 11) is -3.56. The molecule has 5 nitrogen and oxygen atoms in total. The summed E-state index contributed by atoms with van der Waals surface area (Å²) >= 11 is 10.9. The highest BCUT2D eigenvalue weighted by Gasteiger charge is 2.28. The number of nitrogens with zero attached hydrogens (tertiary/aromatic N) is 2. The van der Waals surface area contributed by atoms with Gasteiger partial charge in [0, 0.05) is 40.3 Å². The van der Waals surface area contributed by atoms with Gasteiger partial charge < -0.3 is 5.11 Å². The molecule has 0 atom stereocenters. The Balaban J connectivity index is 1.53. The third kappa shape index (κ3) is 4.27. The van der Waals surface area contributed by atoms with Gasteiger partial charge in [-0.2, -0.15) is 4.31 Å². The Morgan fingerprint density at radius 2 is 1.97 bits per heavy atom. The molecule has 0 unspecified atom stereocenters. The van der Waals surface area contributed by atoms with Gasteiger partial charge in [-0.1, -0.05) is 11.6 Å². The minimum atomic E-state index is -3.56. The highest BCUT2D eigenvalue weighted by molar-refractivity contribution is 9.10. The second-order valence-corrected chi connectivity index (χ2v) is 10.7. The van der Waals surface area contributed by atoms with Crippen molar-refractivity contribution in [2.24, 2.45) is 4.99 Å². The van der Waals surface area contributed by atoms with Gasteiger partial charge >= 0.3 is 0 Å². The maximum Gasteiger partial charge on any atom is 0.243 e. The maximum atomic E-state index is 13.0. The summed E-state index contributed by atoms with van der Waals surface area (Å²) in [5, 5.41) is 12.4. The first-order chi connectivity index (χ1) is 13.8. The molecular weight excluding hydrogens is 496 g/mol. The largest absolute Gasteiger partial charge is 0.507 e. The van der Waals surface area contributed by atoms with Crippen LogP contribution in [-0.4, -0.2) is 30.6 Å². The molecule has 0 amide bonds. The third-order valence-electron chi connectivity index (χ3n) is 4.67. The van der Waals surface area contributed by atoms with Crippen molar-refractivity contribution in [3.05, 3.63) is 73.3 Å². The summed E-state index contributed by atoms with van der Waals surface area (Å²) in [5.74, 6) is 0.0130. The van der Waals surface area contributed by atoms with Crippen LogP contribution >= 0.6 is 38.9 Å². The van der Waals surface area contributed by atoms with Crippen LogP contribution in [0.4, 0.5) is 5.69 Å². The van der Waals surface area contributed by atoms with E-state index in [0.29, 0.717) is 33.8 Å². The summed E-state index contributed by atoms with van der Waals surface area (Å²) in [6.45, 7) is 0.895. The van der Waals surface area contributed by atoms with Gasteiger partial charge in [0.15, 0.2) is 0 Å². The molecule has 0 spiro atoms. The van der Waals surface area contributed by atoms with Crippen molar-refractivity contribution in [2.75, 3.05) is 6.54 Å². The number of rotatable bonds is 4. The predicted octanol–water partition coefficient (Wildman–Crippen LogP) is 5.37. The molecule has 9 heteroatoms. The fraction of sp³-hybridized carbons (Fsp3) is 0.150. The number of aromatic hydroxyl groups is 1. The number of aliphatic imine (C=N–C) groups is 1. The Morgan fingerprint density at radius 1 is 1.21 bits per heavy atom. The summed E-state index contributed by atoms with van der Waals surface area (Å²) in [4.78, 5) is 5.82. The first-order valence-electron chi connectivity index (χ1n) is 8.72. The molecule has 2 aromatic carbocycles. The molecule has 150 valence electrons. The topological polar surface area (TPSA) is 70.0 Å². The maximum absolute atomic E-state index is 13.0. The van der Waals surface area contributed by atoms with Crippen molar-refractivity contribution in [1.82, 2.24) is 4.31 Å². The molecule has 1 aliphatic heterocycles. The van der Waals surface area contributed by atoms with E-state index in [4.69, 9.17) is 11.6 Å². The van der Waals surface area contributed by atoms with E-state index >= 15 is 0 Å². The van der Waals surface area contributed by atoms with Crippen LogP contribution < -0.4 is 0 Å². The zero-order valence-electron chi connectivity index (χ0n) is 15.0. The smallest absolute Gasteiger partial charge is 0.243 e. The van der Waals surface area contributed by atoms with Gasteiger partial charge in [-0.15, -0.1) is 11.3 Å². The average Bonchev–Trinajstić information content (AvgIpc) is 3.18. The highest BCUT2D eigenvalue weighted by atomic mass is 79.9. The Hall–Kier alpha value is -1.71. The van der Waals surface area contributed by atoms with Crippen LogP contribution in [0.1, 0.15) is 16.0 Å². The highest BCUT2D eigenvalue weighted by Crippen LogP contribution is 2.30. The van der Waals surface area contributed by atoms with Crippen molar-refractivity contribution >= 4 is 60.8 Å². The second-order valence-electron chi connectivity index (χ2n) is 6.53. The minimum absolute atomic E-state index is 0.0130. The van der Waals surface area contributed by atoms with E-state index in [-0.39, 0.29) is 10.6 Å². The van der Waals surface area contributed by atoms with Crippen LogP contribution in [0.5, 0.6) is 5.75 Å². The van der Waals surface area contributed by atoms with E-state index in [1.165, 1.54) is 21.5 Å². The van der Waals surface area contributed by atoms with E-state index in [0.717, 1.165) is 12.0 Å². The van der Waals surface area contributed by atoms with Gasteiger partial charge in [-0.25, -0.2) is 8.42 Å². The number of fused-ring (bicyclic) bond motifs is 1. The van der Waals surface area contributed by atoms with Crippen LogP contribution in [0.15, 0.2) is 62.2 Å². The molecule has 0 saturated carbocycles. The molecule has 3 aromatic rings. The molecule has 0 bridgehead atoms. The van der Waals surface area contributed by atoms with Crippen LogP contribution in [-0.2, 0) is 23.0 Å². The van der Waals surface area contributed by atoms with Crippen LogP contribution in [0.3, 0.4) is 0 Å². The number of benzene rings is 2. The Morgan fingerprint density at radius 3 is 2.72 bits per heavy atom. The van der Waals surface area contributed by atoms with Crippen LogP contribution in [0.25, 0.3) is 0 Å². The Bertz CT molecular complexity index is 1190. The molecule has 1 aliphatic rings. The van der Waals surface area contributed by atoms with Crippen LogP contribution in [0, 0.1) is 0 Å². The molecule has 29 heavy (non-hydrogen) atoms. The number of sulfonamides is 1. The van der Waals surface area contributed by atoms with Gasteiger partial charge in [-0.3, -0.25) is 4.99 Å². The fourth-order valence-electron chi connectivity index (χ4n) is 3.08. The molecule has 0 fully saturated rings. The quantitative estimate of drug-likeness (QED) is 0.479. The lowest BCUT2D eigenvalue weighted by atomic mass is 10.1. The van der Waals surface area contributed by atoms with E-state index in [2.05, 4.69) is 20.9 Å². The first-order valence-corrected chi connectivity index (χ1v) is 12.2. The Labute approximate surface area is 186 Å². The van der Waals surface area contributed by atoms with E-state index in [9.17, 15) is 13.5 Å². The molecule has 1 aromatic heterocycles. The van der Waals surface area contributed by atoms with Crippen molar-refractivity contribution < 1.29 is 13.5 Å². The Kier molecular flexibility index (Phi) is 5.81. The molecule has 0 aliphatic carbocycles. The lowest BCUT2D eigenvalue weighted by molar-refractivity contribution is 0.394. The van der Waals surface area contributed by atoms with E-state index in [1.54, 1.807) is 41.7 Å². The van der Waals surface area contributed by atoms with Gasteiger partial charge in [-0.05, 0) is 69.7 Å². The number of halogens is 2. The van der Waals surface area contributed by atoms with Gasteiger partial charge in [0.1, 0.15) is 5.75 Å². The minimum Gasteiger partial charge on any atom is -0.507 e. The van der Waals surface area contributed by atoms with Gasteiger partial charge in [0.2, 0.25) is 10.0 Å². The number of thiophene rings is 1. The number of phenols is 1. The normalized spacial score (nSPS) is 15.0. The molecular formula is C20H16BrClN2O3S2. The van der Waals surface area contributed by atoms with E-state index < -0.39 is 10.0 Å². The SMILES string of the molecule is O=S(=O)(c1ccc(N=Cc2cc(Br)c(Cl)cc2O)cc1)N1CCc2sccc2C1. The van der Waals surface area contributed by atoms with Gasteiger partial charge in [0.05, 0.1) is 15.6 Å². The first kappa shape index (κ1) is 20.6. The molecule has 2 heterocycles. The number of phenolic OH excluding ortho intramolecular Hbond substituents is 1. The average molecular weight is 512 g/mol. The third-order valence-corrected chi connectivity index (χ3v) is 8.75. The summed E-state index contributed by atoms with van der Waals surface area (Å²) < 4.78 is 28.1. The summed E-state index contributed by atoms with van der Waals surface area (Å²) in [5.41, 5.74) is 2.16. The monoisotopic (exact) mass is 510 g/mol. The zero-order valence-corrected chi connectivity index (χ0v) is 19.0. The van der Waals surface area contributed by atoms with E-state index in [1.807, 2.05) is 11.4 Å². The number of hydrogen-bond acceptors (Lipinski definition) is 5. The molecule has 0 saturated heterocycles. The van der Waals surface area contributed by atoms with Crippen molar-refractivity contribution in [3.63, 3.8) is 0 Å². The zero-order chi connectivity index (χ0) is 20.6. The lowest BCUT2D eigenvalue weighted by Crippen LogP contribution is -2.35. The standard InChI is InChI=1S/C20H16BrClN2O3S2/c21-17-9-14(19(25)10-18(17)22)11-23-15-1-3-16(4-2-15)29(26,27)24-7-5-20-13(12-24)6-8-28-20/h1-4,6,8-11,25H,5,7,12H2. The van der Waals surface area contributed by atoms with Crippen molar-refractivity contribution in [3.8, 4) is 5.75 Å². The predicted molar refractivity (Wildman–Crippen MR) is 120 cm³/mol. The number of hydrogen-bond donors (Lipinski definition) is 1. The van der Waals surface area contributed by atoms with Crippen LogP contribution in [0.2, 0.25) is 5.02 Å². The molecule has 0 radical (unpaired) electrons. The van der Waals surface area contributed by atoms with Crippen molar-refractivity contribution in [2.45, 2.75) is 17.9 Å². The second kappa shape index (κ2) is 8.20. The van der Waals surface area contributed by atoms with Crippen molar-refractivity contribution in [1.29, 1.82) is 0 Å². The fourth-order valence-corrected chi connectivity index (χ4v) is 5.91.